The fourth-order valence-electron chi connectivity index (χ4n) is 1.94. The molecule has 0 fully saturated rings. The van der Waals surface area contributed by atoms with Crippen LogP contribution in [0.1, 0.15) is 84.0 Å². The van der Waals surface area contributed by atoms with Crippen LogP contribution in [-0.2, 0) is 0 Å². The van der Waals surface area contributed by atoms with Crippen LogP contribution in [-0.4, -0.2) is 0 Å². The quantitative estimate of drug-likeness (QED) is 0.261. The molecular weight excluding hydrogens is 204 g/mol. The molecule has 17 heavy (non-hydrogen) atoms. The highest BCUT2D eigenvalue weighted by molar-refractivity contribution is 4.86. The van der Waals surface area contributed by atoms with Crippen molar-refractivity contribution >= 4 is 0 Å². The zero-order chi connectivity index (χ0) is 12.6. The van der Waals surface area contributed by atoms with E-state index in [1.807, 2.05) is 0 Å². The van der Waals surface area contributed by atoms with Crippen molar-refractivity contribution in [2.75, 3.05) is 0 Å². The van der Waals surface area contributed by atoms with Gasteiger partial charge in [0.1, 0.15) is 0 Å². The molecule has 0 spiro atoms. The minimum absolute atomic E-state index is 1.10. The zero-order valence-corrected chi connectivity index (χ0v) is 11.9. The molecule has 0 amide bonds. The van der Waals surface area contributed by atoms with Gasteiger partial charge in [-0.15, -0.1) is 0 Å². The summed E-state index contributed by atoms with van der Waals surface area (Å²) in [4.78, 5) is 0. The molecular formula is C17H32. The predicted molar refractivity (Wildman–Crippen MR) is 79.9 cm³/mol. The van der Waals surface area contributed by atoms with Gasteiger partial charge < -0.3 is 0 Å². The SMILES string of the molecule is [CH2]CCCCCCC=CC[CH]CCCCCC. The maximum absolute atomic E-state index is 3.86. The molecule has 0 aromatic heterocycles. The average Bonchev–Trinajstić information content (AvgIpc) is 2.35. The monoisotopic (exact) mass is 236 g/mol. The first-order chi connectivity index (χ1) is 8.41. The van der Waals surface area contributed by atoms with E-state index in [0.717, 1.165) is 6.42 Å². The molecule has 0 atom stereocenters. The Morgan fingerprint density at radius 2 is 1.47 bits per heavy atom. The second kappa shape index (κ2) is 15.7. The molecule has 0 aromatic carbocycles. The maximum atomic E-state index is 3.86. The molecule has 100 valence electrons. The van der Waals surface area contributed by atoms with E-state index in [1.54, 1.807) is 0 Å². The van der Waals surface area contributed by atoms with E-state index in [2.05, 4.69) is 32.4 Å². The van der Waals surface area contributed by atoms with Gasteiger partial charge in [-0.25, -0.2) is 0 Å². The molecule has 0 heteroatoms. The van der Waals surface area contributed by atoms with E-state index < -0.39 is 0 Å². The smallest absolute Gasteiger partial charge is 0.0319 e. The molecule has 0 saturated carbocycles. The standard InChI is InChI=1S/C17H32/c1-3-5-7-9-11-13-15-17-16-14-12-10-8-6-4-2/h14-15,17H,1,3-13,16H2,2H3. The largest absolute Gasteiger partial charge is 0.0885 e. The van der Waals surface area contributed by atoms with E-state index >= 15 is 0 Å². The third-order valence-corrected chi connectivity index (χ3v) is 3.10. The molecule has 0 rings (SSSR count). The number of hydrogen-bond acceptors (Lipinski definition) is 0. The second-order valence-corrected chi connectivity index (χ2v) is 4.90. The first-order valence-electron chi connectivity index (χ1n) is 7.67. The van der Waals surface area contributed by atoms with Gasteiger partial charge >= 0.3 is 0 Å². The Balaban J connectivity index is 2.99. The first-order valence-corrected chi connectivity index (χ1v) is 7.67. The highest BCUT2D eigenvalue weighted by atomic mass is 13.9. The highest BCUT2D eigenvalue weighted by Crippen LogP contribution is 2.08. The van der Waals surface area contributed by atoms with E-state index in [-0.39, 0.29) is 0 Å². The van der Waals surface area contributed by atoms with Crippen LogP contribution in [0, 0.1) is 13.3 Å². The van der Waals surface area contributed by atoms with Gasteiger partial charge in [-0.2, -0.15) is 0 Å². The summed E-state index contributed by atoms with van der Waals surface area (Å²) in [6.45, 7) is 6.13. The number of allylic oxidation sites excluding steroid dienone is 2. The highest BCUT2D eigenvalue weighted by Gasteiger charge is 1.89. The Morgan fingerprint density at radius 1 is 0.765 bits per heavy atom. The average molecular weight is 236 g/mol. The molecule has 0 N–H and O–H groups in total. The Kier molecular flexibility index (Phi) is 15.5. The summed E-state index contributed by atoms with van der Waals surface area (Å²) in [5.41, 5.74) is 0. The molecule has 2 radical (unpaired) electrons. The summed E-state index contributed by atoms with van der Waals surface area (Å²) in [6.07, 6.45) is 22.9. The van der Waals surface area contributed by atoms with Crippen molar-refractivity contribution in [2.45, 2.75) is 84.0 Å². The third kappa shape index (κ3) is 15.7. The van der Waals surface area contributed by atoms with Crippen LogP contribution in [0.25, 0.3) is 0 Å². The molecule has 0 heterocycles. The van der Waals surface area contributed by atoms with E-state index in [0.29, 0.717) is 0 Å². The zero-order valence-electron chi connectivity index (χ0n) is 11.9. The van der Waals surface area contributed by atoms with E-state index in [1.165, 1.54) is 70.6 Å². The van der Waals surface area contributed by atoms with Crippen molar-refractivity contribution < 1.29 is 0 Å². The van der Waals surface area contributed by atoms with Crippen LogP contribution in [0.5, 0.6) is 0 Å². The minimum Gasteiger partial charge on any atom is -0.0885 e. The fourth-order valence-corrected chi connectivity index (χ4v) is 1.94. The van der Waals surface area contributed by atoms with Gasteiger partial charge in [-0.3, -0.25) is 0 Å². The number of rotatable bonds is 13. The van der Waals surface area contributed by atoms with Crippen molar-refractivity contribution in [3.63, 3.8) is 0 Å². The lowest BCUT2D eigenvalue weighted by atomic mass is 10.1. The van der Waals surface area contributed by atoms with Crippen molar-refractivity contribution in [1.82, 2.24) is 0 Å². The van der Waals surface area contributed by atoms with Crippen molar-refractivity contribution in [2.24, 2.45) is 0 Å². The Bertz CT molecular complexity index is 146. The van der Waals surface area contributed by atoms with Crippen LogP contribution in [0.4, 0.5) is 0 Å². The van der Waals surface area contributed by atoms with Crippen LogP contribution < -0.4 is 0 Å². The van der Waals surface area contributed by atoms with Crippen LogP contribution in [0.2, 0.25) is 0 Å². The fraction of sp³-hybridized carbons (Fsp3) is 0.765. The van der Waals surface area contributed by atoms with E-state index in [9.17, 15) is 0 Å². The first kappa shape index (κ1) is 16.7. The summed E-state index contributed by atoms with van der Waals surface area (Å²) >= 11 is 0. The van der Waals surface area contributed by atoms with Gasteiger partial charge in [-0.1, -0.05) is 77.4 Å². The van der Waals surface area contributed by atoms with Gasteiger partial charge in [-0.05, 0) is 32.1 Å². The van der Waals surface area contributed by atoms with Gasteiger partial charge in [0, 0.05) is 0 Å². The lowest BCUT2D eigenvalue weighted by Crippen LogP contribution is -1.79. The third-order valence-electron chi connectivity index (χ3n) is 3.10. The molecule has 0 aliphatic rings. The topological polar surface area (TPSA) is 0 Å². The van der Waals surface area contributed by atoms with Gasteiger partial charge in [0.2, 0.25) is 0 Å². The molecule has 0 saturated heterocycles. The summed E-state index contributed by atoms with van der Waals surface area (Å²) in [5.74, 6) is 0. The van der Waals surface area contributed by atoms with Crippen LogP contribution >= 0.6 is 0 Å². The lowest BCUT2D eigenvalue weighted by molar-refractivity contribution is 0.650. The molecule has 0 bridgehead atoms. The normalized spacial score (nSPS) is 11.4. The Hall–Kier alpha value is -0.260. The molecule has 0 aliphatic heterocycles. The van der Waals surface area contributed by atoms with Gasteiger partial charge in [0.05, 0.1) is 0 Å². The molecule has 0 aliphatic carbocycles. The van der Waals surface area contributed by atoms with Gasteiger partial charge in [0.15, 0.2) is 0 Å². The Morgan fingerprint density at radius 3 is 2.24 bits per heavy atom. The molecule has 0 aromatic rings. The number of unbranched alkanes of at least 4 members (excludes halogenated alkanes) is 11. The summed E-state index contributed by atoms with van der Waals surface area (Å²) in [7, 11) is 0. The maximum Gasteiger partial charge on any atom is -0.0319 e. The second-order valence-electron chi connectivity index (χ2n) is 4.90. The van der Waals surface area contributed by atoms with Crippen molar-refractivity contribution in [1.29, 1.82) is 0 Å². The molecule has 0 nitrogen and oxygen atoms in total. The van der Waals surface area contributed by atoms with Crippen molar-refractivity contribution in [3.8, 4) is 0 Å². The molecule has 0 unspecified atom stereocenters. The Labute approximate surface area is 110 Å². The minimum atomic E-state index is 1.10. The predicted octanol–water partition coefficient (Wildman–Crippen LogP) is 6.28. The van der Waals surface area contributed by atoms with Gasteiger partial charge in [0.25, 0.3) is 0 Å². The lowest BCUT2D eigenvalue weighted by Gasteiger charge is -1.98. The summed E-state index contributed by atoms with van der Waals surface area (Å²) in [5, 5.41) is 0. The van der Waals surface area contributed by atoms with E-state index in [4.69, 9.17) is 0 Å². The van der Waals surface area contributed by atoms with Crippen LogP contribution in [0.3, 0.4) is 0 Å². The van der Waals surface area contributed by atoms with Crippen LogP contribution in [0.15, 0.2) is 12.2 Å². The summed E-state index contributed by atoms with van der Waals surface area (Å²) in [6, 6.07) is 0. The number of hydrogen-bond donors (Lipinski definition) is 0. The summed E-state index contributed by atoms with van der Waals surface area (Å²) < 4.78 is 0. The van der Waals surface area contributed by atoms with Crippen molar-refractivity contribution in [3.05, 3.63) is 25.5 Å².